The van der Waals surface area contributed by atoms with Crippen LogP contribution >= 0.6 is 11.3 Å². The SMILES string of the molecule is CCCCOc1ccc(NC(=O)Nc2nc3c(s2)CN(S(=O)(=O)C2CC2)CC3)cc1. The molecule has 8 nitrogen and oxygen atoms in total. The number of nitrogens with zero attached hydrogens (tertiary/aromatic N) is 2. The Bertz CT molecular complexity index is 1000. The molecule has 2 heterocycles. The molecular weight excluding hydrogens is 424 g/mol. The molecule has 30 heavy (non-hydrogen) atoms. The minimum atomic E-state index is -3.19. The molecule has 10 heteroatoms. The van der Waals surface area contributed by atoms with Gasteiger partial charge in [0.05, 0.1) is 17.6 Å². The van der Waals surface area contributed by atoms with Crippen LogP contribution in [0.2, 0.25) is 0 Å². The van der Waals surface area contributed by atoms with Gasteiger partial charge >= 0.3 is 6.03 Å². The van der Waals surface area contributed by atoms with Crippen molar-refractivity contribution in [1.82, 2.24) is 9.29 Å². The summed E-state index contributed by atoms with van der Waals surface area (Å²) in [6.45, 7) is 3.58. The van der Waals surface area contributed by atoms with E-state index in [1.165, 1.54) is 11.3 Å². The first-order valence-corrected chi connectivity index (χ1v) is 12.6. The lowest BCUT2D eigenvalue weighted by molar-refractivity contribution is 0.262. The van der Waals surface area contributed by atoms with Crippen LogP contribution in [0.15, 0.2) is 24.3 Å². The molecule has 1 fully saturated rings. The van der Waals surface area contributed by atoms with E-state index >= 15 is 0 Å². The molecule has 1 aliphatic heterocycles. The van der Waals surface area contributed by atoms with Gasteiger partial charge in [0.2, 0.25) is 10.0 Å². The van der Waals surface area contributed by atoms with Gasteiger partial charge in [0.15, 0.2) is 5.13 Å². The first kappa shape index (κ1) is 21.1. The lowest BCUT2D eigenvalue weighted by Gasteiger charge is -2.25. The van der Waals surface area contributed by atoms with E-state index in [0.717, 1.165) is 42.0 Å². The largest absolute Gasteiger partial charge is 0.494 e. The number of anilines is 2. The number of carbonyl (C=O) groups is 1. The van der Waals surface area contributed by atoms with Gasteiger partial charge in [-0.25, -0.2) is 18.2 Å². The van der Waals surface area contributed by atoms with Crippen LogP contribution < -0.4 is 15.4 Å². The molecule has 1 aromatic heterocycles. The highest BCUT2D eigenvalue weighted by Crippen LogP contribution is 2.35. The van der Waals surface area contributed by atoms with Gasteiger partial charge in [-0.15, -0.1) is 0 Å². The number of benzene rings is 1. The summed E-state index contributed by atoms with van der Waals surface area (Å²) in [6, 6.07) is 6.83. The molecule has 0 unspecified atom stereocenters. The molecule has 0 atom stereocenters. The van der Waals surface area contributed by atoms with Crippen LogP contribution in [0.3, 0.4) is 0 Å². The number of ether oxygens (including phenoxy) is 1. The zero-order valence-corrected chi connectivity index (χ0v) is 18.5. The van der Waals surface area contributed by atoms with E-state index in [1.807, 2.05) is 12.1 Å². The van der Waals surface area contributed by atoms with E-state index in [2.05, 4.69) is 22.5 Å². The van der Waals surface area contributed by atoms with Crippen molar-refractivity contribution in [2.45, 2.75) is 50.8 Å². The highest BCUT2D eigenvalue weighted by Gasteiger charge is 2.41. The van der Waals surface area contributed by atoms with Crippen LogP contribution in [-0.2, 0) is 23.0 Å². The standard InChI is InChI=1S/C20H26N4O4S2/c1-2-3-12-28-15-6-4-14(5-7-15)21-19(25)23-20-22-17-10-11-24(13-18(17)29-20)30(26,27)16-8-9-16/h4-7,16H,2-3,8-13H2,1H3,(H2,21,22,23,25). The molecule has 2 N–H and O–H groups in total. The van der Waals surface area contributed by atoms with Crippen LogP contribution in [-0.4, -0.2) is 42.1 Å². The van der Waals surface area contributed by atoms with Crippen molar-refractivity contribution in [1.29, 1.82) is 0 Å². The van der Waals surface area contributed by atoms with Gasteiger partial charge in [-0.2, -0.15) is 4.31 Å². The molecule has 0 spiro atoms. The van der Waals surface area contributed by atoms with Gasteiger partial charge in [0.1, 0.15) is 5.75 Å². The number of hydrogen-bond donors (Lipinski definition) is 2. The van der Waals surface area contributed by atoms with E-state index in [-0.39, 0.29) is 11.3 Å². The third-order valence-corrected chi connectivity index (χ3v) is 8.44. The molecule has 2 amide bonds. The van der Waals surface area contributed by atoms with Crippen molar-refractivity contribution in [3.8, 4) is 5.75 Å². The van der Waals surface area contributed by atoms with Crippen molar-refractivity contribution in [3.05, 3.63) is 34.8 Å². The van der Waals surface area contributed by atoms with Gasteiger partial charge in [-0.1, -0.05) is 24.7 Å². The van der Waals surface area contributed by atoms with Crippen molar-refractivity contribution >= 4 is 38.2 Å². The van der Waals surface area contributed by atoms with E-state index in [4.69, 9.17) is 4.74 Å². The van der Waals surface area contributed by atoms with Crippen molar-refractivity contribution in [2.24, 2.45) is 0 Å². The smallest absolute Gasteiger partial charge is 0.325 e. The number of amides is 2. The number of aromatic nitrogens is 1. The maximum atomic E-state index is 12.5. The number of unbranched alkanes of at least 4 members (excludes halogenated alkanes) is 1. The van der Waals surface area contributed by atoms with E-state index in [1.54, 1.807) is 16.4 Å². The molecule has 1 aromatic carbocycles. The molecule has 1 saturated carbocycles. The highest BCUT2D eigenvalue weighted by atomic mass is 32.2. The van der Waals surface area contributed by atoms with Gasteiger partial charge in [0, 0.05) is 30.1 Å². The Hall–Kier alpha value is -2.17. The van der Waals surface area contributed by atoms with Gasteiger partial charge in [0.25, 0.3) is 0 Å². The third kappa shape index (κ3) is 4.93. The first-order valence-electron chi connectivity index (χ1n) is 10.2. The highest BCUT2D eigenvalue weighted by molar-refractivity contribution is 7.90. The molecule has 1 aliphatic carbocycles. The Kier molecular flexibility index (Phi) is 6.26. The lowest BCUT2D eigenvalue weighted by atomic mass is 10.2. The predicted octanol–water partition coefficient (Wildman–Crippen LogP) is 3.82. The average molecular weight is 451 g/mol. The Morgan fingerprint density at radius 1 is 1.27 bits per heavy atom. The van der Waals surface area contributed by atoms with Crippen LogP contribution in [0.25, 0.3) is 0 Å². The number of thiazole rings is 1. The summed E-state index contributed by atoms with van der Waals surface area (Å²) in [6.07, 6.45) is 4.17. The lowest BCUT2D eigenvalue weighted by Crippen LogP contribution is -2.37. The molecule has 4 rings (SSSR count). The zero-order valence-electron chi connectivity index (χ0n) is 16.9. The second-order valence-corrected chi connectivity index (χ2v) is 10.8. The number of hydrogen-bond acceptors (Lipinski definition) is 6. The van der Waals surface area contributed by atoms with Crippen LogP contribution in [0.5, 0.6) is 5.75 Å². The Morgan fingerprint density at radius 2 is 2.03 bits per heavy atom. The van der Waals surface area contributed by atoms with Gasteiger partial charge < -0.3 is 10.1 Å². The Balaban J connectivity index is 1.32. The maximum Gasteiger partial charge on any atom is 0.325 e. The van der Waals surface area contributed by atoms with Crippen LogP contribution in [0.4, 0.5) is 15.6 Å². The van der Waals surface area contributed by atoms with Crippen molar-refractivity contribution < 1.29 is 17.9 Å². The first-order chi connectivity index (χ1) is 14.5. The molecular formula is C20H26N4O4S2. The number of nitrogens with one attached hydrogen (secondary N) is 2. The minimum Gasteiger partial charge on any atom is -0.494 e. The fraction of sp³-hybridized carbons (Fsp3) is 0.500. The van der Waals surface area contributed by atoms with E-state index in [9.17, 15) is 13.2 Å². The summed E-state index contributed by atoms with van der Waals surface area (Å²) in [7, 11) is -3.19. The summed E-state index contributed by atoms with van der Waals surface area (Å²) in [4.78, 5) is 17.7. The summed E-state index contributed by atoms with van der Waals surface area (Å²) in [5.74, 6) is 0.771. The summed E-state index contributed by atoms with van der Waals surface area (Å²) in [5, 5.41) is 5.79. The number of sulfonamides is 1. The van der Waals surface area contributed by atoms with Crippen LogP contribution in [0, 0.1) is 0 Å². The zero-order chi connectivity index (χ0) is 21.1. The molecule has 0 saturated heterocycles. The quantitative estimate of drug-likeness (QED) is 0.596. The van der Waals surface area contributed by atoms with Crippen LogP contribution in [0.1, 0.15) is 43.2 Å². The summed E-state index contributed by atoms with van der Waals surface area (Å²) in [5.41, 5.74) is 1.52. The number of urea groups is 1. The molecule has 2 aromatic rings. The fourth-order valence-corrected chi connectivity index (χ4v) is 6.16. The number of rotatable bonds is 8. The van der Waals surface area contributed by atoms with Gasteiger partial charge in [-0.3, -0.25) is 5.32 Å². The summed E-state index contributed by atoms with van der Waals surface area (Å²) < 4.78 is 32.1. The Labute approximate surface area is 180 Å². The van der Waals surface area contributed by atoms with E-state index < -0.39 is 10.0 Å². The third-order valence-electron chi connectivity index (χ3n) is 5.10. The predicted molar refractivity (Wildman–Crippen MR) is 118 cm³/mol. The normalized spacial score (nSPS) is 16.7. The maximum absolute atomic E-state index is 12.5. The average Bonchev–Trinajstić information content (AvgIpc) is 3.50. The molecule has 0 radical (unpaired) electrons. The molecule has 162 valence electrons. The minimum absolute atomic E-state index is 0.209. The number of carbonyl (C=O) groups excluding carboxylic acids is 1. The van der Waals surface area contributed by atoms with Crippen molar-refractivity contribution in [2.75, 3.05) is 23.8 Å². The topological polar surface area (TPSA) is 101 Å². The second kappa shape index (κ2) is 8.91. The van der Waals surface area contributed by atoms with Gasteiger partial charge in [-0.05, 0) is 43.5 Å². The molecule has 2 aliphatic rings. The van der Waals surface area contributed by atoms with E-state index in [0.29, 0.717) is 36.9 Å². The number of fused-ring (bicyclic) bond motifs is 1. The monoisotopic (exact) mass is 450 g/mol. The van der Waals surface area contributed by atoms with Crippen molar-refractivity contribution in [3.63, 3.8) is 0 Å². The summed E-state index contributed by atoms with van der Waals surface area (Å²) >= 11 is 1.33. The fourth-order valence-electron chi connectivity index (χ4n) is 3.25. The second-order valence-electron chi connectivity index (χ2n) is 7.52. The Morgan fingerprint density at radius 3 is 2.73 bits per heavy atom. The molecule has 0 bridgehead atoms.